The second-order valence-corrected chi connectivity index (χ2v) is 11.4. The monoisotopic (exact) mass is 537 g/mol. The first-order valence-electron chi connectivity index (χ1n) is 13.4. The molecule has 39 heavy (non-hydrogen) atoms. The Hall–Kier alpha value is -3.18. The van der Waals surface area contributed by atoms with Crippen molar-refractivity contribution in [3.8, 4) is 11.4 Å². The summed E-state index contributed by atoms with van der Waals surface area (Å²) in [5.74, 6) is -1.19. The van der Waals surface area contributed by atoms with Gasteiger partial charge in [0.15, 0.2) is 5.60 Å². The molecule has 6 rings (SSSR count). The summed E-state index contributed by atoms with van der Waals surface area (Å²) in [6, 6.07) is 3.03. The van der Waals surface area contributed by atoms with Crippen LogP contribution in [0.5, 0.6) is 0 Å². The molecule has 0 saturated heterocycles. The van der Waals surface area contributed by atoms with Gasteiger partial charge in [-0.25, -0.2) is 14.2 Å². The fourth-order valence-electron chi connectivity index (χ4n) is 6.62. The van der Waals surface area contributed by atoms with E-state index < -0.39 is 35.3 Å². The molecule has 0 amide bonds. The van der Waals surface area contributed by atoms with Crippen molar-refractivity contribution in [3.63, 3.8) is 0 Å². The molecule has 1 aromatic carbocycles. The number of hydrogen-bond acceptors (Lipinski definition) is 8. The fraction of sp³-hybridized carbons (Fsp3) is 0.483. The van der Waals surface area contributed by atoms with Crippen LogP contribution in [-0.4, -0.2) is 43.2 Å². The van der Waals surface area contributed by atoms with Crippen molar-refractivity contribution in [1.29, 1.82) is 0 Å². The van der Waals surface area contributed by atoms with Crippen molar-refractivity contribution in [1.82, 2.24) is 14.9 Å². The first kappa shape index (κ1) is 26.1. The zero-order chi connectivity index (χ0) is 28.0. The Morgan fingerprint density at radius 1 is 1.21 bits per heavy atom. The predicted molar refractivity (Wildman–Crippen MR) is 140 cm³/mol. The number of rotatable bonds is 6. The topological polar surface area (TPSA) is 134 Å². The molecule has 4 heterocycles. The number of benzene rings is 1. The molecule has 2 aromatic heterocycles. The molecule has 4 atom stereocenters. The van der Waals surface area contributed by atoms with E-state index in [1.807, 2.05) is 6.92 Å². The van der Waals surface area contributed by atoms with Crippen molar-refractivity contribution in [3.05, 3.63) is 61.7 Å². The van der Waals surface area contributed by atoms with Crippen LogP contribution in [-0.2, 0) is 40.2 Å². The molecule has 0 spiro atoms. The van der Waals surface area contributed by atoms with E-state index in [1.54, 1.807) is 31.4 Å². The van der Waals surface area contributed by atoms with E-state index in [0.29, 0.717) is 41.7 Å². The van der Waals surface area contributed by atoms with Crippen LogP contribution < -0.4 is 10.9 Å². The number of esters is 1. The summed E-state index contributed by atoms with van der Waals surface area (Å²) in [7, 11) is 0. The summed E-state index contributed by atoms with van der Waals surface area (Å²) >= 11 is 0. The van der Waals surface area contributed by atoms with Gasteiger partial charge in [0.1, 0.15) is 18.7 Å². The molecule has 2 aliphatic heterocycles. The van der Waals surface area contributed by atoms with Crippen LogP contribution in [0.1, 0.15) is 73.4 Å². The number of nitrogens with one attached hydrogen (secondary N) is 1. The maximum absolute atomic E-state index is 15.1. The Morgan fingerprint density at radius 3 is 2.64 bits per heavy atom. The number of aliphatic hydroxyl groups excluding tert-OH is 2. The Kier molecular flexibility index (Phi) is 5.79. The molecule has 1 aliphatic carbocycles. The molecule has 0 bridgehead atoms. The molecule has 3 aliphatic rings. The van der Waals surface area contributed by atoms with Crippen LogP contribution >= 0.6 is 0 Å². The van der Waals surface area contributed by atoms with E-state index in [-0.39, 0.29) is 36.3 Å². The van der Waals surface area contributed by atoms with Crippen molar-refractivity contribution in [2.24, 2.45) is 0 Å². The normalized spacial score (nSPS) is 24.4. The van der Waals surface area contributed by atoms with Crippen LogP contribution in [0.2, 0.25) is 0 Å². The Balaban J connectivity index is 1.58. The number of aromatic nitrogens is 2. The average molecular weight is 538 g/mol. The van der Waals surface area contributed by atoms with Crippen molar-refractivity contribution >= 4 is 16.9 Å². The van der Waals surface area contributed by atoms with Crippen molar-refractivity contribution < 1.29 is 29.2 Å². The van der Waals surface area contributed by atoms with Crippen LogP contribution in [0, 0.1) is 12.7 Å². The van der Waals surface area contributed by atoms with Crippen LogP contribution in [0.3, 0.4) is 0 Å². The molecule has 206 valence electrons. The summed E-state index contributed by atoms with van der Waals surface area (Å²) in [5.41, 5.74) is 1.62. The van der Waals surface area contributed by atoms with Gasteiger partial charge in [0.25, 0.3) is 5.56 Å². The fourth-order valence-corrected chi connectivity index (χ4v) is 6.62. The van der Waals surface area contributed by atoms with Gasteiger partial charge in [0.2, 0.25) is 0 Å². The third kappa shape index (κ3) is 3.62. The summed E-state index contributed by atoms with van der Waals surface area (Å²) in [4.78, 5) is 31.0. The number of ether oxygens (including phenoxy) is 1. The predicted octanol–water partition coefficient (Wildman–Crippen LogP) is 2.37. The summed E-state index contributed by atoms with van der Waals surface area (Å²) < 4.78 is 21.8. The number of fused-ring (bicyclic) bond motifs is 5. The van der Waals surface area contributed by atoms with Gasteiger partial charge in [-0.1, -0.05) is 6.92 Å². The second-order valence-electron chi connectivity index (χ2n) is 11.4. The zero-order valence-corrected chi connectivity index (χ0v) is 22.4. The van der Waals surface area contributed by atoms with Gasteiger partial charge >= 0.3 is 5.97 Å². The van der Waals surface area contributed by atoms with Crippen LogP contribution in [0.15, 0.2) is 16.9 Å². The van der Waals surface area contributed by atoms with E-state index >= 15 is 4.39 Å². The van der Waals surface area contributed by atoms with E-state index in [2.05, 4.69) is 5.32 Å². The largest absolute Gasteiger partial charge is 0.458 e. The quantitative estimate of drug-likeness (QED) is 0.218. The number of nitrogens with zero attached hydrogens (tertiary/aromatic N) is 2. The van der Waals surface area contributed by atoms with Gasteiger partial charge < -0.3 is 24.6 Å². The lowest BCUT2D eigenvalue weighted by molar-refractivity contribution is -0.172. The van der Waals surface area contributed by atoms with Gasteiger partial charge in [0, 0.05) is 28.1 Å². The van der Waals surface area contributed by atoms with Crippen molar-refractivity contribution in [2.45, 2.75) is 90.0 Å². The molecule has 3 aromatic rings. The Labute approximate surface area is 224 Å². The molecule has 3 unspecified atom stereocenters. The molecular weight excluding hydrogens is 505 g/mol. The molecule has 9 nitrogen and oxygen atoms in total. The molecule has 0 radical (unpaired) electrons. The first-order chi connectivity index (χ1) is 18.4. The highest BCUT2D eigenvalue weighted by Gasteiger charge is 2.47. The molecule has 0 saturated carbocycles. The first-order valence-corrected chi connectivity index (χ1v) is 13.4. The maximum Gasteiger partial charge on any atom is 0.343 e. The number of pyridine rings is 2. The van der Waals surface area contributed by atoms with Gasteiger partial charge in [-0.05, 0) is 69.2 Å². The number of hydrogen-bond donors (Lipinski definition) is 4. The van der Waals surface area contributed by atoms with Gasteiger partial charge in [0.05, 0.1) is 35.1 Å². The zero-order valence-electron chi connectivity index (χ0n) is 22.4. The lowest BCUT2D eigenvalue weighted by Crippen LogP contribution is -2.46. The standard InChI is InChI=1S/C29H32FN3O6/c1-5-29(38)18-8-21-25-16(11-33(21)26(36)17(18)12-39-27(29)37)24-23-15(14(3)19(30)9-20(23)31-25)10-28(24,4)32-22(35)7-6-13(2)34/h8-9,13,22,32,34-35,38H,5-7,10-12H2,1-4H3/t13?,22?,28?,29-/m0/s1. The SMILES string of the molecule is CC[C@@]1(O)C(=O)OCc2c1cc1n(c2=O)Cc2c-1nc1cc(F)c(C)c3c1c2C(C)(NC(O)CCC(C)O)C3. The molecule has 4 N–H and O–H groups in total. The third-order valence-corrected chi connectivity index (χ3v) is 8.73. The highest BCUT2D eigenvalue weighted by atomic mass is 19.1. The smallest absolute Gasteiger partial charge is 0.343 e. The summed E-state index contributed by atoms with van der Waals surface area (Å²) in [5, 5.41) is 35.9. The maximum atomic E-state index is 15.1. The highest BCUT2D eigenvalue weighted by Crippen LogP contribution is 2.49. The van der Waals surface area contributed by atoms with Crippen LogP contribution in [0.25, 0.3) is 22.3 Å². The number of aliphatic hydroxyl groups is 3. The minimum Gasteiger partial charge on any atom is -0.458 e. The molecule has 0 fully saturated rings. The molecular formula is C29H32FN3O6. The van der Waals surface area contributed by atoms with Crippen molar-refractivity contribution in [2.75, 3.05) is 0 Å². The lowest BCUT2D eigenvalue weighted by atomic mass is 9.85. The average Bonchev–Trinajstić information content (AvgIpc) is 3.40. The minimum absolute atomic E-state index is 0.0329. The van der Waals surface area contributed by atoms with E-state index in [4.69, 9.17) is 9.72 Å². The lowest BCUT2D eigenvalue weighted by Gasteiger charge is -2.32. The number of carbonyl (C=O) groups is 1. The summed E-state index contributed by atoms with van der Waals surface area (Å²) in [6.45, 7) is 6.96. The van der Waals surface area contributed by atoms with E-state index in [9.17, 15) is 24.9 Å². The van der Waals surface area contributed by atoms with E-state index in [1.165, 1.54) is 6.07 Å². The third-order valence-electron chi connectivity index (χ3n) is 8.73. The van der Waals surface area contributed by atoms with Gasteiger partial charge in [-0.3, -0.25) is 10.1 Å². The van der Waals surface area contributed by atoms with E-state index in [0.717, 1.165) is 22.1 Å². The van der Waals surface area contributed by atoms with Crippen LogP contribution in [0.4, 0.5) is 4.39 Å². The highest BCUT2D eigenvalue weighted by molar-refractivity contribution is 5.95. The Morgan fingerprint density at radius 2 is 1.95 bits per heavy atom. The number of halogens is 1. The van der Waals surface area contributed by atoms with Gasteiger partial charge in [-0.15, -0.1) is 0 Å². The minimum atomic E-state index is -1.95. The molecule has 10 heteroatoms. The number of carbonyl (C=O) groups excluding carboxylic acids is 1. The number of cyclic esters (lactones) is 1. The summed E-state index contributed by atoms with van der Waals surface area (Å²) in [6.07, 6.45) is -0.319. The second kappa shape index (κ2) is 8.66. The Bertz CT molecular complexity index is 1630. The van der Waals surface area contributed by atoms with Gasteiger partial charge in [-0.2, -0.15) is 0 Å².